The lowest BCUT2D eigenvalue weighted by Gasteiger charge is -2.32. The van der Waals surface area contributed by atoms with Crippen LogP contribution in [0.1, 0.15) is 25.7 Å². The molecular formula is C8H17FN2. The van der Waals surface area contributed by atoms with Gasteiger partial charge in [0.25, 0.3) is 0 Å². The summed E-state index contributed by atoms with van der Waals surface area (Å²) in [5, 5.41) is 2.88. The molecule has 1 aliphatic rings. The molecule has 1 fully saturated rings. The Balaban J connectivity index is 2.35. The summed E-state index contributed by atoms with van der Waals surface area (Å²) in [6.45, 7) is 0.472. The smallest absolute Gasteiger partial charge is 0.123 e. The van der Waals surface area contributed by atoms with Crippen molar-refractivity contribution in [3.05, 3.63) is 0 Å². The zero-order valence-electron chi connectivity index (χ0n) is 7.07. The molecule has 0 aromatic heterocycles. The molecule has 1 aliphatic carbocycles. The summed E-state index contributed by atoms with van der Waals surface area (Å²) >= 11 is 0. The molecule has 0 aromatic carbocycles. The molecule has 11 heavy (non-hydrogen) atoms. The summed E-state index contributed by atoms with van der Waals surface area (Å²) in [4.78, 5) is 0. The average molecular weight is 160 g/mol. The number of hydrogen-bond acceptors (Lipinski definition) is 2. The van der Waals surface area contributed by atoms with Gasteiger partial charge in [-0.2, -0.15) is 0 Å². The third-order valence-corrected chi connectivity index (χ3v) is 2.42. The van der Waals surface area contributed by atoms with Gasteiger partial charge in [0.15, 0.2) is 0 Å². The van der Waals surface area contributed by atoms with Gasteiger partial charge in [-0.3, -0.25) is 0 Å². The molecule has 3 N–H and O–H groups in total. The molecular weight excluding hydrogens is 143 g/mol. The predicted octanol–water partition coefficient (Wildman–Crippen LogP) is 0.815. The molecule has 66 valence electrons. The minimum atomic E-state index is -0.982. The average Bonchev–Trinajstić information content (AvgIpc) is 1.97. The van der Waals surface area contributed by atoms with E-state index in [0.29, 0.717) is 19.4 Å². The van der Waals surface area contributed by atoms with E-state index in [2.05, 4.69) is 5.32 Å². The van der Waals surface area contributed by atoms with Crippen LogP contribution in [0.3, 0.4) is 0 Å². The third-order valence-electron chi connectivity index (χ3n) is 2.42. The van der Waals surface area contributed by atoms with Gasteiger partial charge in [-0.25, -0.2) is 4.39 Å². The van der Waals surface area contributed by atoms with Crippen LogP contribution in [-0.4, -0.2) is 25.3 Å². The molecule has 0 aliphatic heterocycles. The first-order valence-electron chi connectivity index (χ1n) is 4.25. The second kappa shape index (κ2) is 3.50. The summed E-state index contributed by atoms with van der Waals surface area (Å²) in [6, 6.07) is 0.232. The molecule has 0 heterocycles. The second-order valence-electron chi connectivity index (χ2n) is 3.52. The first kappa shape index (κ1) is 8.94. The Labute approximate surface area is 67.3 Å². The van der Waals surface area contributed by atoms with E-state index in [0.717, 1.165) is 12.8 Å². The first-order valence-corrected chi connectivity index (χ1v) is 4.25. The van der Waals surface area contributed by atoms with Crippen molar-refractivity contribution in [2.75, 3.05) is 13.6 Å². The minimum absolute atomic E-state index is 0.232. The maximum Gasteiger partial charge on any atom is 0.123 e. The standard InChI is InChI=1S/C8H17FN2/c1-11-6-8(9)4-2-7(10)3-5-8/h7,11H,2-6,10H2,1H3. The summed E-state index contributed by atoms with van der Waals surface area (Å²) in [6.07, 6.45) is 2.90. The fourth-order valence-electron chi connectivity index (χ4n) is 1.65. The Hall–Kier alpha value is -0.150. The van der Waals surface area contributed by atoms with Crippen LogP contribution in [0.4, 0.5) is 4.39 Å². The van der Waals surface area contributed by atoms with Gasteiger partial charge in [0.05, 0.1) is 0 Å². The summed E-state index contributed by atoms with van der Waals surface area (Å²) < 4.78 is 13.6. The SMILES string of the molecule is CNCC1(F)CCC(N)CC1. The molecule has 0 atom stereocenters. The summed E-state index contributed by atoms with van der Waals surface area (Å²) in [5.41, 5.74) is 4.68. The van der Waals surface area contributed by atoms with E-state index in [9.17, 15) is 4.39 Å². The first-order chi connectivity index (χ1) is 5.16. The van der Waals surface area contributed by atoms with E-state index in [1.165, 1.54) is 0 Å². The van der Waals surface area contributed by atoms with Gasteiger partial charge >= 0.3 is 0 Å². The number of rotatable bonds is 2. The monoisotopic (exact) mass is 160 g/mol. The van der Waals surface area contributed by atoms with Crippen LogP contribution in [-0.2, 0) is 0 Å². The van der Waals surface area contributed by atoms with Crippen LogP contribution < -0.4 is 11.1 Å². The Kier molecular flexibility index (Phi) is 2.84. The van der Waals surface area contributed by atoms with Gasteiger partial charge in [0.1, 0.15) is 5.67 Å². The maximum absolute atomic E-state index is 13.6. The molecule has 1 rings (SSSR count). The fraction of sp³-hybridized carbons (Fsp3) is 1.00. The normalized spacial score (nSPS) is 39.0. The van der Waals surface area contributed by atoms with Gasteiger partial charge in [-0.05, 0) is 32.7 Å². The van der Waals surface area contributed by atoms with Crippen molar-refractivity contribution >= 4 is 0 Å². The van der Waals surface area contributed by atoms with Crippen LogP contribution >= 0.6 is 0 Å². The number of hydrogen-bond donors (Lipinski definition) is 2. The highest BCUT2D eigenvalue weighted by Crippen LogP contribution is 2.30. The minimum Gasteiger partial charge on any atom is -0.328 e. The number of halogens is 1. The van der Waals surface area contributed by atoms with Gasteiger partial charge in [-0.15, -0.1) is 0 Å². The van der Waals surface area contributed by atoms with E-state index in [1.807, 2.05) is 0 Å². The van der Waals surface area contributed by atoms with Gasteiger partial charge < -0.3 is 11.1 Å². The maximum atomic E-state index is 13.6. The van der Waals surface area contributed by atoms with Crippen LogP contribution in [0.25, 0.3) is 0 Å². The second-order valence-corrected chi connectivity index (χ2v) is 3.52. The van der Waals surface area contributed by atoms with Gasteiger partial charge in [0, 0.05) is 12.6 Å². The molecule has 0 bridgehead atoms. The van der Waals surface area contributed by atoms with Gasteiger partial charge in [0.2, 0.25) is 0 Å². The Morgan fingerprint density at radius 2 is 2.09 bits per heavy atom. The molecule has 0 amide bonds. The van der Waals surface area contributed by atoms with Crippen LogP contribution in [0.15, 0.2) is 0 Å². The quantitative estimate of drug-likeness (QED) is 0.627. The lowest BCUT2D eigenvalue weighted by molar-refractivity contribution is 0.100. The van der Waals surface area contributed by atoms with Crippen molar-refractivity contribution in [2.45, 2.75) is 37.4 Å². The van der Waals surface area contributed by atoms with Crippen molar-refractivity contribution in [3.63, 3.8) is 0 Å². The highest BCUT2D eigenvalue weighted by atomic mass is 19.1. The van der Waals surface area contributed by atoms with Crippen LogP contribution in [0, 0.1) is 0 Å². The van der Waals surface area contributed by atoms with E-state index < -0.39 is 5.67 Å². The molecule has 0 aromatic rings. The number of alkyl halides is 1. The van der Waals surface area contributed by atoms with E-state index >= 15 is 0 Å². The molecule has 0 radical (unpaired) electrons. The Morgan fingerprint density at radius 3 is 2.55 bits per heavy atom. The zero-order valence-corrected chi connectivity index (χ0v) is 7.07. The molecule has 2 nitrogen and oxygen atoms in total. The summed E-state index contributed by atoms with van der Waals surface area (Å²) in [5.74, 6) is 0. The van der Waals surface area contributed by atoms with Crippen LogP contribution in [0.5, 0.6) is 0 Å². The Morgan fingerprint density at radius 1 is 1.55 bits per heavy atom. The highest BCUT2D eigenvalue weighted by molar-refractivity contribution is 4.88. The lowest BCUT2D eigenvalue weighted by Crippen LogP contribution is -2.41. The largest absolute Gasteiger partial charge is 0.328 e. The molecule has 3 heteroatoms. The lowest BCUT2D eigenvalue weighted by atomic mass is 9.84. The molecule has 0 spiro atoms. The van der Waals surface area contributed by atoms with Crippen molar-refractivity contribution < 1.29 is 4.39 Å². The fourth-order valence-corrected chi connectivity index (χ4v) is 1.65. The Bertz CT molecular complexity index is 119. The summed E-state index contributed by atoms with van der Waals surface area (Å²) in [7, 11) is 1.79. The molecule has 0 saturated heterocycles. The van der Waals surface area contributed by atoms with Crippen molar-refractivity contribution in [2.24, 2.45) is 5.73 Å². The van der Waals surface area contributed by atoms with E-state index in [-0.39, 0.29) is 6.04 Å². The molecule has 1 saturated carbocycles. The van der Waals surface area contributed by atoms with Crippen molar-refractivity contribution in [3.8, 4) is 0 Å². The number of nitrogens with two attached hydrogens (primary N) is 1. The third kappa shape index (κ3) is 2.42. The van der Waals surface area contributed by atoms with Crippen molar-refractivity contribution in [1.29, 1.82) is 0 Å². The van der Waals surface area contributed by atoms with Crippen molar-refractivity contribution in [1.82, 2.24) is 5.32 Å². The predicted molar refractivity (Wildman–Crippen MR) is 44.2 cm³/mol. The van der Waals surface area contributed by atoms with E-state index in [4.69, 9.17) is 5.73 Å². The molecule has 0 unspecified atom stereocenters. The highest BCUT2D eigenvalue weighted by Gasteiger charge is 2.33. The van der Waals surface area contributed by atoms with Crippen LogP contribution in [0.2, 0.25) is 0 Å². The van der Waals surface area contributed by atoms with Gasteiger partial charge in [-0.1, -0.05) is 0 Å². The topological polar surface area (TPSA) is 38.0 Å². The number of nitrogens with one attached hydrogen (secondary N) is 1. The van der Waals surface area contributed by atoms with E-state index in [1.54, 1.807) is 7.05 Å². The zero-order chi connectivity index (χ0) is 8.32.